The highest BCUT2D eigenvalue weighted by Gasteiger charge is 2.56. The Bertz CT molecular complexity index is 4750. The van der Waals surface area contributed by atoms with Crippen molar-refractivity contribution in [1.29, 1.82) is 0 Å². The van der Waals surface area contributed by atoms with Crippen LogP contribution < -0.4 is 56.1 Å². The van der Waals surface area contributed by atoms with Crippen molar-refractivity contribution in [2.24, 2.45) is 0 Å². The van der Waals surface area contributed by atoms with Gasteiger partial charge in [-0.15, -0.1) is 0 Å². The van der Waals surface area contributed by atoms with Gasteiger partial charge < -0.3 is 58.9 Å². The maximum absolute atomic E-state index is 13.6. The lowest BCUT2D eigenvalue weighted by Gasteiger charge is -2.39. The predicted molar refractivity (Wildman–Crippen MR) is 429 cm³/mol. The molecule has 33 heteroatoms. The van der Waals surface area contributed by atoms with E-state index in [0.29, 0.717) is 144 Å². The molecule has 1 aliphatic carbocycles. The van der Waals surface area contributed by atoms with E-state index in [2.05, 4.69) is 20.9 Å². The molecule has 7 aromatic carbocycles. The van der Waals surface area contributed by atoms with Gasteiger partial charge in [-0.1, -0.05) is 42.5 Å². The molecule has 1 saturated carbocycles. The molecule has 0 unspecified atom stereocenters. The SMILES string of the molecule is COCCN1CCC(C(=O)NO)(S(=O)(=O)c2ccc(OCCCNC(=O)c3ccc(OC(C)C)c(C)c3)cc2)CC1.COc1ccc(C(=O)NCCCOc2ccc(S(=O)(=O)C3(C(=O)NO)CCN(C4CC4)CC3)cc2)cc1.O=C(NCCCOc1ccc(S(=O)(=O)C2(C(=O)NO)CCOCC2)cc1)c1ccc(-c2ccccc2)cc1. The Hall–Kier alpha value is -10.1. The monoisotopic (exact) mass is 1660 g/mol. The predicted octanol–water partition coefficient (Wildman–Crippen LogP) is 8.29. The van der Waals surface area contributed by atoms with Crippen molar-refractivity contribution in [2.75, 3.05) is 106 Å². The molecule has 0 radical (unpaired) electrons. The van der Waals surface area contributed by atoms with Gasteiger partial charge in [0.15, 0.2) is 43.8 Å². The summed E-state index contributed by atoms with van der Waals surface area (Å²) < 4.78 is 114. The Balaban J connectivity index is 0.000000199. The number of nitrogens with zero attached hydrogens (tertiary/aromatic N) is 2. The van der Waals surface area contributed by atoms with Crippen LogP contribution in [0.2, 0.25) is 0 Å². The normalized spacial score (nSPS) is 15.9. The molecule has 0 spiro atoms. The molecule has 626 valence electrons. The lowest BCUT2D eigenvalue weighted by atomic mass is 9.94. The highest BCUT2D eigenvalue weighted by atomic mass is 32.2. The van der Waals surface area contributed by atoms with Crippen molar-refractivity contribution in [1.82, 2.24) is 42.2 Å². The highest BCUT2D eigenvalue weighted by Crippen LogP contribution is 2.41. The fraction of sp³-hybridized carbons (Fsp3) is 0.422. The van der Waals surface area contributed by atoms with Crippen LogP contribution >= 0.6 is 0 Å². The van der Waals surface area contributed by atoms with Crippen molar-refractivity contribution < 1.29 is 103 Å². The zero-order valence-corrected chi connectivity index (χ0v) is 68.2. The number of rotatable bonds is 35. The number of carbonyl (C=O) groups is 6. The maximum atomic E-state index is 13.6. The second-order valence-electron chi connectivity index (χ2n) is 28.6. The fourth-order valence-corrected chi connectivity index (χ4v) is 19.6. The van der Waals surface area contributed by atoms with Gasteiger partial charge in [0.1, 0.15) is 28.7 Å². The number of nitrogens with one attached hydrogen (secondary N) is 6. The molecule has 0 aromatic heterocycles. The summed E-state index contributed by atoms with van der Waals surface area (Å²) in [7, 11) is -9.11. The van der Waals surface area contributed by atoms with Gasteiger partial charge in [0.25, 0.3) is 35.4 Å². The van der Waals surface area contributed by atoms with Crippen molar-refractivity contribution >= 4 is 65.0 Å². The second-order valence-corrected chi connectivity index (χ2v) is 35.4. The van der Waals surface area contributed by atoms with E-state index in [1.165, 1.54) is 66.1 Å². The number of likely N-dealkylation sites (tertiary alicyclic amines) is 2. The first-order chi connectivity index (χ1) is 55.7. The molecule has 0 atom stereocenters. The minimum atomic E-state index is -4.11. The van der Waals surface area contributed by atoms with Crippen LogP contribution in [0.4, 0.5) is 0 Å². The number of sulfone groups is 3. The molecule has 11 rings (SSSR count). The average Bonchev–Trinajstić information content (AvgIpc) is 1.07. The van der Waals surface area contributed by atoms with E-state index in [9.17, 15) is 64.4 Å². The van der Waals surface area contributed by atoms with E-state index < -0.39 is 61.5 Å². The van der Waals surface area contributed by atoms with E-state index in [1.807, 2.05) is 68.1 Å². The summed E-state index contributed by atoms with van der Waals surface area (Å²) in [6.45, 7) is 11.0. The van der Waals surface area contributed by atoms with Crippen LogP contribution in [0.3, 0.4) is 0 Å². The van der Waals surface area contributed by atoms with Crippen LogP contribution in [0.5, 0.6) is 28.7 Å². The summed E-state index contributed by atoms with van der Waals surface area (Å²) in [5.41, 5.74) is 9.31. The number of ether oxygens (including phenoxy) is 7. The number of hydrogen-bond acceptors (Lipinski definition) is 24. The first kappa shape index (κ1) is 89.9. The van der Waals surface area contributed by atoms with Crippen LogP contribution in [0, 0.1) is 6.92 Å². The van der Waals surface area contributed by atoms with Crippen LogP contribution in [-0.4, -0.2) is 219 Å². The first-order valence-corrected chi connectivity index (χ1v) is 42.9. The Morgan fingerprint density at radius 2 is 0.836 bits per heavy atom. The van der Waals surface area contributed by atoms with Crippen molar-refractivity contribution in [2.45, 2.75) is 132 Å². The standard InChI is InChI=1S/C29H41N3O8S.C28H30N2O7S.C26H33N3O7S/c1-21(2)40-26-11-6-23(20-22(26)3)27(33)30-14-5-18-39-24-7-9-25(10-8-24)41(36,37)29(28(34)31-35)12-15-32(16-13-29)17-19-38-4;31-26(23-9-7-22(8-10-23)21-5-2-1-3-6-21)29-17-4-18-37-24-11-13-25(14-12-24)38(34,35)28(27(32)30-33)15-19-36-20-16-28;1-35-21-7-3-19(4-8-21)24(30)27-15-2-18-36-22-9-11-23(12-10-22)37(33,34)26(25(31)28-32)13-16-29(17-14-26)20-5-6-20/h6-11,20-21,35H,5,12-19H2,1-4H3,(H,30,33)(H,31,34);1-3,5-14,33H,4,15-20H2,(H,29,31)(H,30,32);3-4,7-12,20,32H,2,5-6,13-18H2,1H3,(H,27,30)(H,28,31). The van der Waals surface area contributed by atoms with Crippen molar-refractivity contribution in [3.05, 3.63) is 192 Å². The van der Waals surface area contributed by atoms with Gasteiger partial charge in [0, 0.05) is 95.4 Å². The smallest absolute Gasteiger partial charge is 0.265 e. The molecule has 4 aliphatic rings. The molecule has 7 aromatic rings. The lowest BCUT2D eigenvalue weighted by molar-refractivity contribution is -0.134. The van der Waals surface area contributed by atoms with E-state index in [-0.39, 0.29) is 90.3 Å². The molecule has 116 heavy (non-hydrogen) atoms. The Morgan fingerprint density at radius 1 is 0.466 bits per heavy atom. The first-order valence-electron chi connectivity index (χ1n) is 38.4. The number of aryl methyl sites for hydroxylation is 1. The summed E-state index contributed by atoms with van der Waals surface area (Å²) in [5.74, 6) is -0.519. The second kappa shape index (κ2) is 42.2. The van der Waals surface area contributed by atoms with E-state index >= 15 is 0 Å². The number of hydroxylamine groups is 3. The molecule has 4 fully saturated rings. The molecule has 3 aliphatic heterocycles. The molecular weight excluding hydrogens is 1560 g/mol. The number of hydrogen-bond donors (Lipinski definition) is 9. The zero-order chi connectivity index (χ0) is 83.5. The minimum Gasteiger partial charge on any atom is -0.497 e. The van der Waals surface area contributed by atoms with E-state index in [1.54, 1.807) is 91.9 Å². The number of benzene rings is 7. The Kier molecular flexibility index (Phi) is 32.7. The van der Waals surface area contributed by atoms with Gasteiger partial charge in [-0.2, -0.15) is 0 Å². The number of methoxy groups -OCH3 is 2. The highest BCUT2D eigenvalue weighted by molar-refractivity contribution is 7.94. The van der Waals surface area contributed by atoms with Crippen LogP contribution in [-0.2, 0) is 53.4 Å². The van der Waals surface area contributed by atoms with Crippen molar-refractivity contribution in [3.63, 3.8) is 0 Å². The van der Waals surface area contributed by atoms with Gasteiger partial charge in [0.2, 0.25) is 0 Å². The summed E-state index contributed by atoms with van der Waals surface area (Å²) in [4.78, 5) is 78.9. The third-order valence-electron chi connectivity index (χ3n) is 20.8. The topological polar surface area (TPSA) is 409 Å². The van der Waals surface area contributed by atoms with Gasteiger partial charge in [0.05, 0.1) is 54.3 Å². The lowest BCUT2D eigenvalue weighted by Crippen LogP contribution is -2.58. The number of carbonyl (C=O) groups excluding carboxylic acids is 6. The summed E-state index contributed by atoms with van der Waals surface area (Å²) in [5, 5.41) is 36.4. The number of amides is 6. The summed E-state index contributed by atoms with van der Waals surface area (Å²) >= 11 is 0. The minimum absolute atomic E-state index is 0.00933. The maximum Gasteiger partial charge on any atom is 0.265 e. The summed E-state index contributed by atoms with van der Waals surface area (Å²) in [6, 6.07) is 47.6. The van der Waals surface area contributed by atoms with Gasteiger partial charge >= 0.3 is 0 Å². The van der Waals surface area contributed by atoms with E-state index in [4.69, 9.17) is 38.4 Å². The molecule has 0 bridgehead atoms. The quantitative estimate of drug-likeness (QED) is 0.0102. The van der Waals surface area contributed by atoms with Gasteiger partial charge in [-0.3, -0.25) is 44.4 Å². The fourth-order valence-electron chi connectivity index (χ4n) is 13.8. The molecule has 3 saturated heterocycles. The largest absolute Gasteiger partial charge is 0.497 e. The van der Waals surface area contributed by atoms with Gasteiger partial charge in [-0.05, 0) is 235 Å². The van der Waals surface area contributed by atoms with Crippen molar-refractivity contribution in [3.8, 4) is 39.9 Å². The zero-order valence-electron chi connectivity index (χ0n) is 65.7. The van der Waals surface area contributed by atoms with Crippen LogP contribution in [0.15, 0.2) is 185 Å². The van der Waals surface area contributed by atoms with Gasteiger partial charge in [-0.25, -0.2) is 41.7 Å². The molecular formula is C83H104N8O22S3. The van der Waals surface area contributed by atoms with Crippen LogP contribution in [0.25, 0.3) is 11.1 Å². The molecule has 3 heterocycles. The molecule has 30 nitrogen and oxygen atoms in total. The summed E-state index contributed by atoms with van der Waals surface area (Å²) in [6.07, 6.45) is 4.13. The number of piperidine rings is 2. The Morgan fingerprint density at radius 3 is 1.22 bits per heavy atom. The average molecular weight is 1660 g/mol. The van der Waals surface area contributed by atoms with E-state index in [0.717, 1.165) is 35.3 Å². The molecule has 6 amide bonds. The third kappa shape index (κ3) is 22.6. The van der Waals surface area contributed by atoms with Crippen LogP contribution in [0.1, 0.15) is 121 Å². The third-order valence-corrected chi connectivity index (χ3v) is 28.3. The molecule has 9 N–H and O–H groups in total. The Labute approximate surface area is 676 Å².